The van der Waals surface area contributed by atoms with E-state index in [-0.39, 0.29) is 5.91 Å². The second-order valence-corrected chi connectivity index (χ2v) is 6.85. The molecule has 5 heteroatoms. The molecule has 0 fully saturated rings. The fourth-order valence-electron chi connectivity index (χ4n) is 3.31. The summed E-state index contributed by atoms with van der Waals surface area (Å²) in [7, 11) is 0. The summed E-state index contributed by atoms with van der Waals surface area (Å²) in [6.07, 6.45) is 2.67. The Bertz CT molecular complexity index is 933. The van der Waals surface area contributed by atoms with Crippen LogP contribution in [0.15, 0.2) is 54.7 Å². The summed E-state index contributed by atoms with van der Waals surface area (Å²) >= 11 is 0. The van der Waals surface area contributed by atoms with E-state index < -0.39 is 0 Å². The maximum atomic E-state index is 12.3. The normalized spacial score (nSPS) is 11.1. The van der Waals surface area contributed by atoms with E-state index in [2.05, 4.69) is 29.0 Å². The minimum atomic E-state index is -0.0296. The molecule has 146 valence electrons. The molecule has 0 aliphatic rings. The van der Waals surface area contributed by atoms with Gasteiger partial charge in [0.15, 0.2) is 0 Å². The van der Waals surface area contributed by atoms with E-state index in [0.717, 1.165) is 48.1 Å². The molecule has 0 atom stereocenters. The molecule has 1 amide bonds. The Morgan fingerprint density at radius 3 is 2.46 bits per heavy atom. The molecule has 2 aromatic carbocycles. The van der Waals surface area contributed by atoms with Crippen LogP contribution in [-0.2, 0) is 0 Å². The summed E-state index contributed by atoms with van der Waals surface area (Å²) in [4.78, 5) is 19.0. The van der Waals surface area contributed by atoms with Crippen molar-refractivity contribution in [1.82, 2.24) is 15.2 Å². The summed E-state index contributed by atoms with van der Waals surface area (Å²) < 4.78 is 0. The molecule has 0 saturated heterocycles. The standard InChI is InChI=1S/C23H28N4O/c1-3-27(4-2)15-5-13-26-23(28)18-8-6-17(7-9-18)19-10-11-22-20(16-19)21(24)12-14-25-22/h6-12,14,16H,3-5,13,15H2,1-2H3,(H2,24,25)(H,26,28). The van der Waals surface area contributed by atoms with Crippen LogP contribution in [0.25, 0.3) is 22.0 Å². The van der Waals surface area contributed by atoms with E-state index in [1.807, 2.05) is 42.5 Å². The second kappa shape index (κ2) is 9.33. The van der Waals surface area contributed by atoms with Gasteiger partial charge in [0.25, 0.3) is 5.91 Å². The predicted octanol–water partition coefficient (Wildman–Crippen LogP) is 3.95. The Morgan fingerprint density at radius 2 is 1.75 bits per heavy atom. The number of nitrogens with two attached hydrogens (primary N) is 1. The van der Waals surface area contributed by atoms with Gasteiger partial charge in [0.05, 0.1) is 5.52 Å². The molecule has 28 heavy (non-hydrogen) atoms. The van der Waals surface area contributed by atoms with Crippen LogP contribution in [0, 0.1) is 0 Å². The monoisotopic (exact) mass is 376 g/mol. The first-order valence-corrected chi connectivity index (χ1v) is 9.87. The van der Waals surface area contributed by atoms with Gasteiger partial charge in [0.1, 0.15) is 0 Å². The Labute approximate surface area is 166 Å². The number of carbonyl (C=O) groups excluding carboxylic acids is 1. The van der Waals surface area contributed by atoms with Crippen LogP contribution in [0.1, 0.15) is 30.6 Å². The van der Waals surface area contributed by atoms with Crippen molar-refractivity contribution in [3.63, 3.8) is 0 Å². The Morgan fingerprint density at radius 1 is 1.04 bits per heavy atom. The molecule has 0 spiro atoms. The number of pyridine rings is 1. The van der Waals surface area contributed by atoms with Gasteiger partial charge in [-0.05, 0) is 67.5 Å². The Balaban J connectivity index is 1.63. The van der Waals surface area contributed by atoms with Gasteiger partial charge in [0, 0.05) is 29.4 Å². The molecule has 0 bridgehead atoms. The minimum Gasteiger partial charge on any atom is -0.398 e. The van der Waals surface area contributed by atoms with E-state index in [0.29, 0.717) is 17.8 Å². The van der Waals surface area contributed by atoms with Gasteiger partial charge in [-0.3, -0.25) is 9.78 Å². The molecule has 5 nitrogen and oxygen atoms in total. The van der Waals surface area contributed by atoms with Crippen molar-refractivity contribution in [2.75, 3.05) is 31.9 Å². The first kappa shape index (κ1) is 19.8. The van der Waals surface area contributed by atoms with Crippen molar-refractivity contribution in [2.45, 2.75) is 20.3 Å². The Hall–Kier alpha value is -2.92. The zero-order valence-corrected chi connectivity index (χ0v) is 16.6. The zero-order valence-electron chi connectivity index (χ0n) is 16.6. The summed E-state index contributed by atoms with van der Waals surface area (Å²) in [5.41, 5.74) is 10.4. The summed E-state index contributed by atoms with van der Waals surface area (Å²) in [6.45, 7) is 8.10. The lowest BCUT2D eigenvalue weighted by Gasteiger charge is -2.17. The van der Waals surface area contributed by atoms with Crippen LogP contribution >= 0.6 is 0 Å². The number of nitrogen functional groups attached to an aromatic ring is 1. The number of anilines is 1. The van der Waals surface area contributed by atoms with Crippen molar-refractivity contribution < 1.29 is 4.79 Å². The highest BCUT2D eigenvalue weighted by Crippen LogP contribution is 2.26. The topological polar surface area (TPSA) is 71.2 Å². The Kier molecular flexibility index (Phi) is 6.61. The third-order valence-electron chi connectivity index (χ3n) is 5.09. The van der Waals surface area contributed by atoms with Crippen LogP contribution in [-0.4, -0.2) is 42.0 Å². The smallest absolute Gasteiger partial charge is 0.251 e. The SMILES string of the molecule is CCN(CC)CCCNC(=O)c1ccc(-c2ccc3nccc(N)c3c2)cc1. The third-order valence-corrected chi connectivity index (χ3v) is 5.09. The number of benzene rings is 2. The summed E-state index contributed by atoms with van der Waals surface area (Å²) in [5, 5.41) is 3.94. The molecular formula is C23H28N4O. The predicted molar refractivity (Wildman–Crippen MR) is 116 cm³/mol. The molecule has 0 radical (unpaired) electrons. The second-order valence-electron chi connectivity index (χ2n) is 6.85. The number of fused-ring (bicyclic) bond motifs is 1. The number of nitrogens with zero attached hydrogens (tertiary/aromatic N) is 2. The maximum absolute atomic E-state index is 12.3. The average Bonchev–Trinajstić information content (AvgIpc) is 2.74. The molecule has 0 unspecified atom stereocenters. The van der Waals surface area contributed by atoms with Crippen LogP contribution < -0.4 is 11.1 Å². The lowest BCUT2D eigenvalue weighted by atomic mass is 10.0. The van der Waals surface area contributed by atoms with Crippen molar-refractivity contribution in [1.29, 1.82) is 0 Å². The molecule has 3 aromatic rings. The molecule has 0 aliphatic heterocycles. The van der Waals surface area contributed by atoms with E-state index in [1.165, 1.54) is 0 Å². The van der Waals surface area contributed by atoms with E-state index in [1.54, 1.807) is 12.3 Å². The lowest BCUT2D eigenvalue weighted by Crippen LogP contribution is -2.29. The quantitative estimate of drug-likeness (QED) is 0.584. The van der Waals surface area contributed by atoms with Gasteiger partial charge in [-0.25, -0.2) is 0 Å². The van der Waals surface area contributed by atoms with Crippen LogP contribution in [0.2, 0.25) is 0 Å². The molecular weight excluding hydrogens is 348 g/mol. The van der Waals surface area contributed by atoms with Gasteiger partial charge in [-0.15, -0.1) is 0 Å². The highest BCUT2D eigenvalue weighted by molar-refractivity contribution is 5.95. The number of amides is 1. The summed E-state index contributed by atoms with van der Waals surface area (Å²) in [5.74, 6) is -0.0296. The maximum Gasteiger partial charge on any atom is 0.251 e. The first-order valence-electron chi connectivity index (χ1n) is 9.87. The van der Waals surface area contributed by atoms with Crippen LogP contribution in [0.3, 0.4) is 0 Å². The van der Waals surface area contributed by atoms with E-state index in [9.17, 15) is 4.79 Å². The van der Waals surface area contributed by atoms with Gasteiger partial charge < -0.3 is 16.0 Å². The highest BCUT2D eigenvalue weighted by Gasteiger charge is 2.07. The van der Waals surface area contributed by atoms with E-state index in [4.69, 9.17) is 5.73 Å². The van der Waals surface area contributed by atoms with Crippen molar-refractivity contribution in [3.05, 3.63) is 60.3 Å². The van der Waals surface area contributed by atoms with Gasteiger partial charge in [0.2, 0.25) is 0 Å². The van der Waals surface area contributed by atoms with Crippen molar-refractivity contribution in [2.24, 2.45) is 0 Å². The lowest BCUT2D eigenvalue weighted by molar-refractivity contribution is 0.0952. The third kappa shape index (κ3) is 4.67. The average molecular weight is 377 g/mol. The van der Waals surface area contributed by atoms with Gasteiger partial charge in [-0.1, -0.05) is 32.0 Å². The largest absolute Gasteiger partial charge is 0.398 e. The zero-order chi connectivity index (χ0) is 19.9. The van der Waals surface area contributed by atoms with Crippen molar-refractivity contribution >= 4 is 22.5 Å². The molecule has 3 rings (SSSR count). The summed E-state index contributed by atoms with van der Waals surface area (Å²) in [6, 6.07) is 15.5. The fraction of sp³-hybridized carbons (Fsp3) is 0.304. The van der Waals surface area contributed by atoms with Crippen LogP contribution in [0.5, 0.6) is 0 Å². The van der Waals surface area contributed by atoms with Gasteiger partial charge >= 0.3 is 0 Å². The minimum absolute atomic E-state index is 0.0296. The molecule has 0 aliphatic carbocycles. The molecule has 3 N–H and O–H groups in total. The number of carbonyl (C=O) groups is 1. The van der Waals surface area contributed by atoms with Crippen LogP contribution in [0.4, 0.5) is 5.69 Å². The fourth-order valence-corrected chi connectivity index (χ4v) is 3.31. The number of hydrogen-bond acceptors (Lipinski definition) is 4. The number of aromatic nitrogens is 1. The van der Waals surface area contributed by atoms with Crippen molar-refractivity contribution in [3.8, 4) is 11.1 Å². The highest BCUT2D eigenvalue weighted by atomic mass is 16.1. The molecule has 0 saturated carbocycles. The van der Waals surface area contributed by atoms with Gasteiger partial charge in [-0.2, -0.15) is 0 Å². The number of hydrogen-bond donors (Lipinski definition) is 2. The molecule has 1 heterocycles. The van der Waals surface area contributed by atoms with E-state index >= 15 is 0 Å². The first-order chi connectivity index (χ1) is 13.6. The number of nitrogens with one attached hydrogen (secondary N) is 1. The number of rotatable bonds is 8. The molecule has 1 aromatic heterocycles.